The Labute approximate surface area is 272 Å². The van der Waals surface area contributed by atoms with E-state index in [9.17, 15) is 14.4 Å². The molecule has 45 heavy (non-hydrogen) atoms. The Bertz CT molecular complexity index is 1680. The molecule has 5 fully saturated rings. The SMILES string of the molecule is CCOc1cc(/C=C2\C(=O)NC(=O)N(c3ccc(C45CC6CC(CC(C6)C4)C5)cc3)C2=O)cc(Br)c1OCc1cccc(C)c1. The zero-order valence-corrected chi connectivity index (χ0v) is 27.2. The molecule has 0 atom stereocenters. The van der Waals surface area contributed by atoms with Crippen molar-refractivity contribution in [3.63, 3.8) is 0 Å². The van der Waals surface area contributed by atoms with Gasteiger partial charge in [-0.2, -0.15) is 0 Å². The van der Waals surface area contributed by atoms with Crippen molar-refractivity contribution in [2.75, 3.05) is 11.5 Å². The zero-order chi connectivity index (χ0) is 31.3. The summed E-state index contributed by atoms with van der Waals surface area (Å²) in [5.41, 5.74) is 4.55. The molecule has 1 N–H and O–H groups in total. The van der Waals surface area contributed by atoms with Crippen molar-refractivity contribution >= 4 is 45.5 Å². The summed E-state index contributed by atoms with van der Waals surface area (Å²) in [5.74, 6) is 2.06. The molecule has 8 heteroatoms. The van der Waals surface area contributed by atoms with Crippen molar-refractivity contribution in [3.05, 3.63) is 93.0 Å². The van der Waals surface area contributed by atoms with Crippen LogP contribution in [0.15, 0.2) is 70.7 Å². The number of anilines is 1. The number of amides is 4. The molecular formula is C37H37BrN2O5. The molecule has 7 nitrogen and oxygen atoms in total. The third-order valence-corrected chi connectivity index (χ3v) is 10.6. The molecule has 4 amide bonds. The topological polar surface area (TPSA) is 84.9 Å². The number of nitrogens with one attached hydrogen (secondary N) is 1. The number of nitrogens with zero attached hydrogens (tertiary/aromatic N) is 1. The van der Waals surface area contributed by atoms with Crippen molar-refractivity contribution in [3.8, 4) is 11.5 Å². The second kappa shape index (κ2) is 11.8. The highest BCUT2D eigenvalue weighted by molar-refractivity contribution is 9.10. The Balaban J connectivity index is 1.14. The van der Waals surface area contributed by atoms with Gasteiger partial charge in [0, 0.05) is 0 Å². The van der Waals surface area contributed by atoms with Gasteiger partial charge in [-0.15, -0.1) is 0 Å². The number of imide groups is 2. The molecule has 1 heterocycles. The fourth-order valence-corrected chi connectivity index (χ4v) is 9.09. The lowest BCUT2D eigenvalue weighted by Gasteiger charge is -2.57. The molecule has 4 bridgehead atoms. The van der Waals surface area contributed by atoms with Gasteiger partial charge in [-0.25, -0.2) is 9.69 Å². The van der Waals surface area contributed by atoms with Crippen LogP contribution in [0.3, 0.4) is 0 Å². The quantitative estimate of drug-likeness (QED) is 0.195. The third kappa shape index (κ3) is 5.69. The van der Waals surface area contributed by atoms with E-state index in [1.807, 2.05) is 44.2 Å². The van der Waals surface area contributed by atoms with Gasteiger partial charge in [0.15, 0.2) is 11.5 Å². The van der Waals surface area contributed by atoms with E-state index < -0.39 is 17.8 Å². The van der Waals surface area contributed by atoms with Crippen molar-refractivity contribution in [2.24, 2.45) is 17.8 Å². The summed E-state index contributed by atoms with van der Waals surface area (Å²) < 4.78 is 12.6. The van der Waals surface area contributed by atoms with Crippen LogP contribution in [0.2, 0.25) is 0 Å². The van der Waals surface area contributed by atoms with Crippen LogP contribution in [-0.2, 0) is 21.6 Å². The first-order chi connectivity index (χ1) is 21.7. The van der Waals surface area contributed by atoms with Gasteiger partial charge in [0.25, 0.3) is 11.8 Å². The Morgan fingerprint density at radius 2 is 1.62 bits per heavy atom. The van der Waals surface area contributed by atoms with E-state index in [4.69, 9.17) is 9.47 Å². The first-order valence-corrected chi connectivity index (χ1v) is 16.7. The van der Waals surface area contributed by atoms with Crippen LogP contribution < -0.4 is 19.7 Å². The molecule has 0 aromatic heterocycles. The Morgan fingerprint density at radius 1 is 0.933 bits per heavy atom. The maximum atomic E-state index is 13.7. The molecule has 8 rings (SSSR count). The second-order valence-corrected chi connectivity index (χ2v) is 14.1. The smallest absolute Gasteiger partial charge is 0.335 e. The van der Waals surface area contributed by atoms with Crippen LogP contribution in [0.4, 0.5) is 10.5 Å². The Hall–Kier alpha value is -3.91. The van der Waals surface area contributed by atoms with Gasteiger partial charge in [-0.05, 0) is 139 Å². The van der Waals surface area contributed by atoms with Gasteiger partial charge >= 0.3 is 6.03 Å². The number of urea groups is 1. The average Bonchev–Trinajstić information content (AvgIpc) is 2.99. The molecule has 3 aromatic rings. The number of barbiturate groups is 1. The highest BCUT2D eigenvalue weighted by Gasteiger charge is 2.51. The standard InChI is InChI=1S/C37H37BrN2O5/c1-3-44-32-17-24(16-31(38)33(32)45-21-23-6-4-5-22(2)11-23)15-30-34(41)39-36(43)40(35(30)42)29-9-7-28(8-10-29)37-18-25-12-26(19-37)14-27(13-25)20-37/h4-11,15-17,25-27H,3,12-14,18-21H2,1-2H3,(H,39,41,43)/b30-15+. The minimum atomic E-state index is -0.749. The van der Waals surface area contributed by atoms with Gasteiger partial charge in [0.05, 0.1) is 16.8 Å². The highest BCUT2D eigenvalue weighted by atomic mass is 79.9. The first kappa shape index (κ1) is 29.8. The molecule has 0 radical (unpaired) electrons. The summed E-state index contributed by atoms with van der Waals surface area (Å²) in [5, 5.41) is 2.35. The van der Waals surface area contributed by atoms with Gasteiger partial charge in [-0.1, -0.05) is 42.0 Å². The van der Waals surface area contributed by atoms with Crippen LogP contribution >= 0.6 is 15.9 Å². The lowest BCUT2D eigenvalue weighted by molar-refractivity contribution is -0.122. The predicted octanol–water partition coefficient (Wildman–Crippen LogP) is 7.87. The van der Waals surface area contributed by atoms with Crippen molar-refractivity contribution in [1.29, 1.82) is 0 Å². The van der Waals surface area contributed by atoms with E-state index >= 15 is 0 Å². The van der Waals surface area contributed by atoms with E-state index in [0.717, 1.165) is 33.8 Å². The molecule has 0 unspecified atom stereocenters. The summed E-state index contributed by atoms with van der Waals surface area (Å²) >= 11 is 3.59. The summed E-state index contributed by atoms with van der Waals surface area (Å²) in [6, 6.07) is 18.7. The second-order valence-electron chi connectivity index (χ2n) is 13.2. The zero-order valence-electron chi connectivity index (χ0n) is 25.6. The maximum absolute atomic E-state index is 13.7. The lowest BCUT2D eigenvalue weighted by atomic mass is 9.48. The summed E-state index contributed by atoms with van der Waals surface area (Å²) in [6.07, 6.45) is 9.30. The fourth-order valence-electron chi connectivity index (χ4n) is 8.52. The minimum Gasteiger partial charge on any atom is -0.490 e. The Morgan fingerprint density at radius 3 is 2.27 bits per heavy atom. The molecule has 3 aromatic carbocycles. The average molecular weight is 670 g/mol. The van der Waals surface area contributed by atoms with Gasteiger partial charge in [0.2, 0.25) is 0 Å². The number of rotatable bonds is 8. The largest absolute Gasteiger partial charge is 0.490 e. The molecule has 232 valence electrons. The van der Waals surface area contributed by atoms with Gasteiger partial charge in [-0.3, -0.25) is 14.9 Å². The predicted molar refractivity (Wildman–Crippen MR) is 176 cm³/mol. The Kier molecular flexibility index (Phi) is 7.80. The van der Waals surface area contributed by atoms with Crippen molar-refractivity contribution in [2.45, 2.75) is 64.4 Å². The van der Waals surface area contributed by atoms with Gasteiger partial charge in [0.1, 0.15) is 12.2 Å². The normalized spacial score (nSPS) is 26.4. The van der Waals surface area contributed by atoms with Gasteiger partial charge < -0.3 is 9.47 Å². The number of halogens is 1. The molecule has 0 spiro atoms. The number of hydrogen-bond acceptors (Lipinski definition) is 5. The third-order valence-electron chi connectivity index (χ3n) is 9.99. The van der Waals surface area contributed by atoms with Crippen LogP contribution in [0, 0.1) is 24.7 Å². The van der Waals surface area contributed by atoms with E-state index in [1.165, 1.54) is 50.2 Å². The minimum absolute atomic E-state index is 0.137. The molecule has 1 saturated heterocycles. The molecule has 5 aliphatic rings. The number of ether oxygens (including phenoxy) is 2. The van der Waals surface area contributed by atoms with Crippen LogP contribution in [0.1, 0.15) is 67.7 Å². The fraction of sp³-hybridized carbons (Fsp3) is 0.378. The summed E-state index contributed by atoms with van der Waals surface area (Å²) in [4.78, 5) is 40.7. The molecule has 4 aliphatic carbocycles. The number of benzene rings is 3. The van der Waals surface area contributed by atoms with E-state index in [0.29, 0.717) is 40.4 Å². The van der Waals surface area contributed by atoms with Crippen molar-refractivity contribution < 1.29 is 23.9 Å². The first-order valence-electron chi connectivity index (χ1n) is 15.9. The lowest BCUT2D eigenvalue weighted by Crippen LogP contribution is -2.54. The van der Waals surface area contributed by atoms with E-state index in [1.54, 1.807) is 12.1 Å². The maximum Gasteiger partial charge on any atom is 0.335 e. The van der Waals surface area contributed by atoms with Crippen LogP contribution in [0.5, 0.6) is 11.5 Å². The highest BCUT2D eigenvalue weighted by Crippen LogP contribution is 2.60. The van der Waals surface area contributed by atoms with E-state index in [-0.39, 0.29) is 11.0 Å². The molecule has 1 aliphatic heterocycles. The van der Waals surface area contributed by atoms with E-state index in [2.05, 4.69) is 39.4 Å². The van der Waals surface area contributed by atoms with Crippen molar-refractivity contribution in [1.82, 2.24) is 5.32 Å². The van der Waals surface area contributed by atoms with Crippen LogP contribution in [-0.4, -0.2) is 24.5 Å². The number of carbonyl (C=O) groups excluding carboxylic acids is 3. The monoisotopic (exact) mass is 668 g/mol. The molecule has 4 saturated carbocycles. The number of carbonyl (C=O) groups is 3. The number of hydrogen-bond donors (Lipinski definition) is 1. The summed E-state index contributed by atoms with van der Waals surface area (Å²) in [7, 11) is 0. The summed E-state index contributed by atoms with van der Waals surface area (Å²) in [6.45, 7) is 4.65. The number of aryl methyl sites for hydroxylation is 1. The molecular weight excluding hydrogens is 632 g/mol. The van der Waals surface area contributed by atoms with Crippen LogP contribution in [0.25, 0.3) is 6.08 Å².